The molecule has 4 N–H and O–H groups in total. The van der Waals surface area contributed by atoms with Gasteiger partial charge in [-0.15, -0.1) is 0 Å². The van der Waals surface area contributed by atoms with E-state index in [1.807, 2.05) is 36.4 Å². The van der Waals surface area contributed by atoms with E-state index in [0.717, 1.165) is 23.2 Å². The monoisotopic (exact) mass is 494 g/mol. The van der Waals surface area contributed by atoms with Gasteiger partial charge in [-0.25, -0.2) is 4.39 Å². The molecule has 4 aromatic rings. The smallest absolute Gasteiger partial charge is 0.296 e. The van der Waals surface area contributed by atoms with E-state index >= 15 is 0 Å². The third-order valence-corrected chi connectivity index (χ3v) is 6.45. The molecule has 8 heteroatoms. The zero-order valence-electron chi connectivity index (χ0n) is 20.2. The Kier molecular flexibility index (Phi) is 7.08. The van der Waals surface area contributed by atoms with Gasteiger partial charge >= 0.3 is 0 Å². The lowest BCUT2D eigenvalue weighted by Crippen LogP contribution is -2.25. The normalized spacial score (nSPS) is 13.6. The van der Waals surface area contributed by atoms with E-state index in [2.05, 4.69) is 20.6 Å². The van der Waals surface area contributed by atoms with Gasteiger partial charge in [-0.05, 0) is 77.4 Å². The molecule has 1 saturated carbocycles. The predicted octanol–water partition coefficient (Wildman–Crippen LogP) is 5.36. The van der Waals surface area contributed by atoms with Crippen LogP contribution in [0.3, 0.4) is 0 Å². The first-order chi connectivity index (χ1) is 18.1. The standard InChI is InChI=1S/C29H27FN6O/c1-32-27-16-26(36(35-27)23-9-5-6-20(14-23)17-31)29(37)34-25-15-22(12-13-24(25)30)28(33-18-19-10-11-19)21-7-3-2-4-8-21/h2-9,12-16,19,28,33H,10-11,17-18,31H2,(H,34,37). The van der Waals surface area contributed by atoms with E-state index in [9.17, 15) is 9.18 Å². The van der Waals surface area contributed by atoms with Crippen molar-refractivity contribution in [2.75, 3.05) is 11.9 Å². The van der Waals surface area contributed by atoms with Gasteiger partial charge in [-0.3, -0.25) is 4.79 Å². The highest BCUT2D eigenvalue weighted by atomic mass is 19.1. The second-order valence-electron chi connectivity index (χ2n) is 9.17. The summed E-state index contributed by atoms with van der Waals surface area (Å²) in [6, 6.07) is 23.2. The van der Waals surface area contributed by atoms with Crippen molar-refractivity contribution in [3.63, 3.8) is 0 Å². The van der Waals surface area contributed by atoms with Crippen LogP contribution in [0.25, 0.3) is 10.5 Å². The summed E-state index contributed by atoms with van der Waals surface area (Å²) in [4.78, 5) is 16.7. The Morgan fingerprint density at radius 1 is 1.08 bits per heavy atom. The number of carbonyl (C=O) groups is 1. The first kappa shape index (κ1) is 24.4. The van der Waals surface area contributed by atoms with E-state index in [0.29, 0.717) is 18.2 Å². The van der Waals surface area contributed by atoms with E-state index in [1.165, 1.54) is 29.7 Å². The quantitative estimate of drug-likeness (QED) is 0.273. The zero-order chi connectivity index (χ0) is 25.8. The van der Waals surface area contributed by atoms with Crippen LogP contribution in [0.1, 0.15) is 46.1 Å². The fourth-order valence-corrected chi connectivity index (χ4v) is 4.28. The van der Waals surface area contributed by atoms with Gasteiger partial charge in [0.25, 0.3) is 11.7 Å². The Labute approximate surface area is 214 Å². The Bertz CT molecular complexity index is 1460. The number of rotatable bonds is 9. The molecule has 1 aliphatic rings. The number of anilines is 1. The molecule has 1 unspecified atom stereocenters. The number of nitrogens with one attached hydrogen (secondary N) is 2. The minimum absolute atomic E-state index is 0.0597. The van der Waals surface area contributed by atoms with Crippen LogP contribution >= 0.6 is 0 Å². The molecule has 5 rings (SSSR count). The molecule has 0 radical (unpaired) electrons. The summed E-state index contributed by atoms with van der Waals surface area (Å²) >= 11 is 0. The van der Waals surface area contributed by atoms with Crippen LogP contribution in [0.5, 0.6) is 0 Å². The molecular formula is C29H27FN6O. The van der Waals surface area contributed by atoms with Crippen molar-refractivity contribution in [3.8, 4) is 5.69 Å². The number of halogens is 1. The van der Waals surface area contributed by atoms with Crippen LogP contribution in [-0.2, 0) is 6.54 Å². The second-order valence-corrected chi connectivity index (χ2v) is 9.17. The van der Waals surface area contributed by atoms with Gasteiger partial charge in [-0.1, -0.05) is 55.1 Å². The maximum absolute atomic E-state index is 14.9. The summed E-state index contributed by atoms with van der Waals surface area (Å²) in [5.41, 5.74) is 9.29. The molecule has 1 aromatic heterocycles. The van der Waals surface area contributed by atoms with Crippen LogP contribution in [0.4, 0.5) is 15.9 Å². The number of aromatic nitrogens is 2. The van der Waals surface area contributed by atoms with Crippen molar-refractivity contribution in [1.82, 2.24) is 15.1 Å². The van der Waals surface area contributed by atoms with E-state index in [1.54, 1.807) is 30.3 Å². The summed E-state index contributed by atoms with van der Waals surface area (Å²) < 4.78 is 16.3. The van der Waals surface area contributed by atoms with Gasteiger partial charge in [0.15, 0.2) is 0 Å². The summed E-state index contributed by atoms with van der Waals surface area (Å²) in [5.74, 6) is -0.391. The molecule has 1 aliphatic carbocycles. The van der Waals surface area contributed by atoms with Crippen LogP contribution in [-0.4, -0.2) is 22.2 Å². The van der Waals surface area contributed by atoms with Gasteiger partial charge in [0, 0.05) is 6.54 Å². The van der Waals surface area contributed by atoms with Gasteiger partial charge in [0.1, 0.15) is 11.5 Å². The minimum Gasteiger partial charge on any atom is -0.359 e. The van der Waals surface area contributed by atoms with Crippen molar-refractivity contribution in [1.29, 1.82) is 0 Å². The van der Waals surface area contributed by atoms with Gasteiger partial charge in [-0.2, -0.15) is 4.68 Å². The molecule has 186 valence electrons. The maximum Gasteiger partial charge on any atom is 0.296 e. The molecule has 0 bridgehead atoms. The lowest BCUT2D eigenvalue weighted by molar-refractivity contribution is 0.101. The first-order valence-electron chi connectivity index (χ1n) is 12.2. The molecule has 1 fully saturated rings. The number of carbonyl (C=O) groups excluding carboxylic acids is 1. The fraction of sp³-hybridized carbons (Fsp3) is 0.207. The van der Waals surface area contributed by atoms with Crippen molar-refractivity contribution in [3.05, 3.63) is 118 Å². The van der Waals surface area contributed by atoms with Gasteiger partial charge in [0.2, 0.25) is 0 Å². The molecule has 0 saturated heterocycles. The third kappa shape index (κ3) is 5.59. The number of nitrogens with two attached hydrogens (primary N) is 1. The predicted molar refractivity (Wildman–Crippen MR) is 141 cm³/mol. The van der Waals surface area contributed by atoms with Gasteiger partial charge in [0.05, 0.1) is 17.4 Å². The molecule has 1 heterocycles. The van der Waals surface area contributed by atoms with Crippen LogP contribution in [0, 0.1) is 18.3 Å². The van der Waals surface area contributed by atoms with Crippen molar-refractivity contribution in [2.45, 2.75) is 25.4 Å². The topological polar surface area (TPSA) is 89.3 Å². The van der Waals surface area contributed by atoms with E-state index in [-0.39, 0.29) is 23.2 Å². The van der Waals surface area contributed by atoms with Crippen molar-refractivity contribution >= 4 is 17.4 Å². The number of hydrogen-bond acceptors (Lipinski definition) is 4. The van der Waals surface area contributed by atoms with E-state index < -0.39 is 11.7 Å². The summed E-state index contributed by atoms with van der Waals surface area (Å²) in [5, 5.41) is 10.6. The Morgan fingerprint density at radius 2 is 1.89 bits per heavy atom. The molecule has 1 amide bonds. The Balaban J connectivity index is 1.45. The van der Waals surface area contributed by atoms with Gasteiger partial charge < -0.3 is 21.2 Å². The average Bonchev–Trinajstić information content (AvgIpc) is 3.66. The Morgan fingerprint density at radius 3 is 2.62 bits per heavy atom. The molecular weight excluding hydrogens is 467 g/mol. The maximum atomic E-state index is 14.9. The summed E-state index contributed by atoms with van der Waals surface area (Å²) in [7, 11) is 0. The SMILES string of the molecule is [C-]#[N+]c1cc(C(=O)Nc2cc(C(NCC3CC3)c3ccccc3)ccc2F)n(-c2cccc(CN)c2)n1. The lowest BCUT2D eigenvalue weighted by Gasteiger charge is -2.21. The van der Waals surface area contributed by atoms with Crippen molar-refractivity contribution < 1.29 is 9.18 Å². The second kappa shape index (κ2) is 10.7. The first-order valence-corrected chi connectivity index (χ1v) is 12.2. The lowest BCUT2D eigenvalue weighted by atomic mass is 9.97. The van der Waals surface area contributed by atoms with Crippen LogP contribution < -0.4 is 16.4 Å². The third-order valence-electron chi connectivity index (χ3n) is 6.45. The molecule has 3 aromatic carbocycles. The number of hydrogen-bond donors (Lipinski definition) is 3. The highest BCUT2D eigenvalue weighted by Gasteiger charge is 2.25. The molecule has 0 spiro atoms. The minimum atomic E-state index is -0.571. The van der Waals surface area contributed by atoms with E-state index in [4.69, 9.17) is 12.3 Å². The Hall–Kier alpha value is -4.32. The molecule has 0 aliphatic heterocycles. The zero-order valence-corrected chi connectivity index (χ0v) is 20.2. The number of nitrogens with zero attached hydrogens (tertiary/aromatic N) is 3. The highest BCUT2D eigenvalue weighted by molar-refractivity contribution is 6.04. The molecule has 1 atom stereocenters. The van der Waals surface area contributed by atoms with Crippen LogP contribution in [0.2, 0.25) is 0 Å². The fourth-order valence-electron chi connectivity index (χ4n) is 4.28. The summed E-state index contributed by atoms with van der Waals surface area (Å²) in [6.45, 7) is 8.55. The van der Waals surface area contributed by atoms with Crippen LogP contribution in [0.15, 0.2) is 78.9 Å². The molecule has 37 heavy (non-hydrogen) atoms. The number of benzene rings is 3. The highest BCUT2D eigenvalue weighted by Crippen LogP contribution is 2.31. The largest absolute Gasteiger partial charge is 0.359 e. The number of amides is 1. The van der Waals surface area contributed by atoms with Crippen molar-refractivity contribution in [2.24, 2.45) is 11.7 Å². The average molecular weight is 495 g/mol. The summed E-state index contributed by atoms with van der Waals surface area (Å²) in [6.07, 6.45) is 2.43. The molecule has 7 nitrogen and oxygen atoms in total.